The molecule has 2 aromatic rings. The predicted molar refractivity (Wildman–Crippen MR) is 106 cm³/mol. The molecule has 6 rings (SSSR count). The number of nitrogens with zero attached hydrogens (tertiary/aromatic N) is 3. The molecule has 0 radical (unpaired) electrons. The number of ether oxygens (including phenoxy) is 2. The second-order valence-electron chi connectivity index (χ2n) is 8.67. The lowest BCUT2D eigenvalue weighted by molar-refractivity contribution is -0.130. The van der Waals surface area contributed by atoms with Crippen molar-refractivity contribution in [3.05, 3.63) is 64.5 Å². The van der Waals surface area contributed by atoms with Crippen molar-refractivity contribution in [3.63, 3.8) is 0 Å². The highest BCUT2D eigenvalue weighted by Gasteiger charge is 2.53. The molecule has 4 heterocycles. The van der Waals surface area contributed by atoms with Crippen molar-refractivity contribution in [2.45, 2.75) is 50.4 Å². The average Bonchev–Trinajstić information content (AvgIpc) is 3.37. The Hall–Kier alpha value is -2.73. The van der Waals surface area contributed by atoms with E-state index in [-0.39, 0.29) is 11.5 Å². The van der Waals surface area contributed by atoms with Crippen LogP contribution in [0.2, 0.25) is 0 Å². The van der Waals surface area contributed by atoms with Gasteiger partial charge in [-0.3, -0.25) is 9.78 Å². The molecule has 1 unspecified atom stereocenters. The molecule has 0 bridgehead atoms. The van der Waals surface area contributed by atoms with Crippen LogP contribution in [-0.4, -0.2) is 40.5 Å². The Labute approximate surface area is 169 Å². The third-order valence-corrected chi connectivity index (χ3v) is 6.90. The summed E-state index contributed by atoms with van der Waals surface area (Å²) in [5, 5.41) is 0. The summed E-state index contributed by atoms with van der Waals surface area (Å²) in [6, 6.07) is 11.0. The minimum atomic E-state index is -0.876. The summed E-state index contributed by atoms with van der Waals surface area (Å²) < 4.78 is 12.5. The van der Waals surface area contributed by atoms with E-state index >= 15 is 0 Å². The molecular formula is C23H23N3O3. The summed E-state index contributed by atoms with van der Waals surface area (Å²) in [4.78, 5) is 23.6. The van der Waals surface area contributed by atoms with Gasteiger partial charge in [-0.15, -0.1) is 0 Å². The zero-order chi connectivity index (χ0) is 19.6. The molecule has 6 nitrogen and oxygen atoms in total. The average molecular weight is 389 g/mol. The largest absolute Gasteiger partial charge is 0.447 e. The lowest BCUT2D eigenvalue weighted by atomic mass is 9.84. The number of aryl methyl sites for hydroxylation is 1. The number of carbonyl (C=O) groups is 1. The van der Waals surface area contributed by atoms with Crippen molar-refractivity contribution < 1.29 is 14.3 Å². The van der Waals surface area contributed by atoms with Gasteiger partial charge in [-0.05, 0) is 48.1 Å². The normalized spacial score (nSPS) is 26.6. The molecule has 6 heteroatoms. The molecule has 1 aromatic carbocycles. The number of pyridine rings is 1. The van der Waals surface area contributed by atoms with Gasteiger partial charge in [0.05, 0.1) is 12.2 Å². The van der Waals surface area contributed by atoms with Crippen LogP contribution in [0.3, 0.4) is 0 Å². The number of rotatable bonds is 0. The third-order valence-electron chi connectivity index (χ3n) is 6.90. The number of benzene rings is 1. The maximum Gasteiger partial charge on any atom is 0.296 e. The summed E-state index contributed by atoms with van der Waals surface area (Å²) in [6.45, 7) is 4.19. The maximum absolute atomic E-state index is 12.8. The highest BCUT2D eigenvalue weighted by atomic mass is 16.5. The molecule has 1 saturated heterocycles. The number of fused-ring (bicyclic) bond motifs is 3. The first-order valence-electron chi connectivity index (χ1n) is 10.3. The molecule has 148 valence electrons. The maximum atomic E-state index is 12.8. The quantitative estimate of drug-likeness (QED) is 0.693. The molecular weight excluding hydrogens is 366 g/mol. The Morgan fingerprint density at radius 1 is 1.03 bits per heavy atom. The molecule has 1 amide bonds. The van der Waals surface area contributed by atoms with Gasteiger partial charge in [0.1, 0.15) is 0 Å². The number of amidine groups is 1. The van der Waals surface area contributed by atoms with Crippen LogP contribution < -0.4 is 0 Å². The first kappa shape index (κ1) is 17.2. The molecule has 0 N–H and O–H groups in total. The van der Waals surface area contributed by atoms with Crippen LogP contribution in [0.4, 0.5) is 0 Å². The Balaban J connectivity index is 1.19. The van der Waals surface area contributed by atoms with Gasteiger partial charge in [0.2, 0.25) is 5.60 Å². The summed E-state index contributed by atoms with van der Waals surface area (Å²) in [7, 11) is 0. The van der Waals surface area contributed by atoms with E-state index in [1.165, 1.54) is 11.1 Å². The number of aromatic nitrogens is 1. The summed E-state index contributed by atoms with van der Waals surface area (Å²) in [6.07, 6.45) is 4.74. The standard InChI is InChI=1S/C23H23N3O3/c1-15-10-17-11-23(12-18(17)13-24-15)20(27)25-21(29-23)26-8-6-22(7-9-26)19-5-3-2-4-16(19)14-28-22/h2-5,10,13H,6-9,11-12,14H2,1H3. The first-order valence-corrected chi connectivity index (χ1v) is 10.3. The van der Waals surface area contributed by atoms with E-state index in [2.05, 4.69) is 45.2 Å². The van der Waals surface area contributed by atoms with Crippen LogP contribution in [-0.2, 0) is 39.3 Å². The van der Waals surface area contributed by atoms with Gasteiger partial charge in [-0.25, -0.2) is 0 Å². The zero-order valence-electron chi connectivity index (χ0n) is 16.5. The summed E-state index contributed by atoms with van der Waals surface area (Å²) in [5.74, 6) is -0.163. The second kappa shape index (κ2) is 5.89. The zero-order valence-corrected chi connectivity index (χ0v) is 16.5. The Morgan fingerprint density at radius 3 is 2.69 bits per heavy atom. The van der Waals surface area contributed by atoms with Crippen LogP contribution >= 0.6 is 0 Å². The van der Waals surface area contributed by atoms with Crippen LogP contribution in [0, 0.1) is 6.92 Å². The van der Waals surface area contributed by atoms with Gasteiger partial charge < -0.3 is 14.4 Å². The van der Waals surface area contributed by atoms with E-state index in [1.54, 1.807) is 0 Å². The molecule has 0 saturated carbocycles. The fraction of sp³-hybridized carbons (Fsp3) is 0.435. The van der Waals surface area contributed by atoms with E-state index < -0.39 is 5.60 Å². The van der Waals surface area contributed by atoms with Gasteiger partial charge >= 0.3 is 0 Å². The number of amides is 1. The monoisotopic (exact) mass is 389 g/mol. The lowest BCUT2D eigenvalue weighted by Gasteiger charge is -2.39. The molecule has 1 aromatic heterocycles. The van der Waals surface area contributed by atoms with Gasteiger partial charge in [0.15, 0.2) is 0 Å². The van der Waals surface area contributed by atoms with Crippen molar-refractivity contribution in [2.75, 3.05) is 13.1 Å². The van der Waals surface area contributed by atoms with Crippen molar-refractivity contribution in [3.8, 4) is 0 Å². The highest BCUT2D eigenvalue weighted by molar-refractivity contribution is 6.02. The Morgan fingerprint density at radius 2 is 1.83 bits per heavy atom. The number of piperidine rings is 1. The van der Waals surface area contributed by atoms with E-state index in [1.807, 2.05) is 13.1 Å². The van der Waals surface area contributed by atoms with E-state index in [0.29, 0.717) is 25.5 Å². The van der Waals surface area contributed by atoms with Crippen molar-refractivity contribution in [2.24, 2.45) is 4.99 Å². The van der Waals surface area contributed by atoms with Crippen molar-refractivity contribution >= 4 is 11.9 Å². The second-order valence-corrected chi connectivity index (χ2v) is 8.67. The Kier molecular flexibility index (Phi) is 3.48. The van der Waals surface area contributed by atoms with E-state index in [4.69, 9.17) is 9.47 Å². The summed E-state index contributed by atoms with van der Waals surface area (Å²) in [5.41, 5.74) is 4.72. The molecule has 4 aliphatic rings. The van der Waals surface area contributed by atoms with Crippen LogP contribution in [0.1, 0.15) is 40.8 Å². The van der Waals surface area contributed by atoms with Gasteiger partial charge in [-0.2, -0.15) is 4.99 Å². The molecule has 3 aliphatic heterocycles. The molecule has 1 aliphatic carbocycles. The minimum absolute atomic E-state index is 0.163. The minimum Gasteiger partial charge on any atom is -0.447 e. The lowest BCUT2D eigenvalue weighted by Crippen LogP contribution is -2.47. The molecule has 29 heavy (non-hydrogen) atoms. The van der Waals surface area contributed by atoms with Gasteiger partial charge in [0, 0.05) is 37.8 Å². The van der Waals surface area contributed by atoms with Crippen LogP contribution in [0.5, 0.6) is 0 Å². The van der Waals surface area contributed by atoms with Gasteiger partial charge in [-0.1, -0.05) is 24.3 Å². The van der Waals surface area contributed by atoms with Gasteiger partial charge in [0.25, 0.3) is 11.9 Å². The number of likely N-dealkylation sites (tertiary alicyclic amines) is 1. The highest BCUT2D eigenvalue weighted by Crippen LogP contribution is 2.45. The smallest absolute Gasteiger partial charge is 0.296 e. The first-order chi connectivity index (χ1) is 14.1. The van der Waals surface area contributed by atoms with E-state index in [0.717, 1.165) is 42.8 Å². The Bertz CT molecular complexity index is 1060. The number of aliphatic imine (C=N–C) groups is 1. The van der Waals surface area contributed by atoms with Crippen LogP contribution in [0.25, 0.3) is 0 Å². The fourth-order valence-corrected chi connectivity index (χ4v) is 5.29. The molecule has 1 fully saturated rings. The molecule has 1 atom stereocenters. The van der Waals surface area contributed by atoms with Crippen LogP contribution in [0.15, 0.2) is 41.5 Å². The van der Waals surface area contributed by atoms with E-state index in [9.17, 15) is 4.79 Å². The number of carbonyl (C=O) groups excluding carboxylic acids is 1. The third kappa shape index (κ3) is 2.48. The summed E-state index contributed by atoms with van der Waals surface area (Å²) >= 11 is 0. The number of hydrogen-bond acceptors (Lipinski definition) is 5. The fourth-order valence-electron chi connectivity index (χ4n) is 5.29. The number of hydrogen-bond donors (Lipinski definition) is 0. The van der Waals surface area contributed by atoms with Crippen molar-refractivity contribution in [1.82, 2.24) is 9.88 Å². The molecule has 2 spiro atoms. The topological polar surface area (TPSA) is 64.0 Å². The van der Waals surface area contributed by atoms with Crippen molar-refractivity contribution in [1.29, 1.82) is 0 Å². The predicted octanol–water partition coefficient (Wildman–Crippen LogP) is 2.66. The SMILES string of the molecule is Cc1cc2c(cn1)CC1(C2)OC(N2CCC3(CC2)OCc2ccccc23)=NC1=O.